The summed E-state index contributed by atoms with van der Waals surface area (Å²) in [5.41, 5.74) is 4.12. The lowest BCUT2D eigenvalue weighted by Gasteiger charge is -2.37. The lowest BCUT2D eigenvalue weighted by atomic mass is 9.74. The SMILES string of the molecule is CC(O)C(NC(=O)C(C)(C)C(C)(C)N)C(=O)O. The van der Waals surface area contributed by atoms with Crippen LogP contribution < -0.4 is 11.1 Å². The largest absolute Gasteiger partial charge is 0.480 e. The van der Waals surface area contributed by atoms with Crippen LogP contribution in [0.15, 0.2) is 0 Å². The molecule has 0 aliphatic rings. The highest BCUT2D eigenvalue weighted by Crippen LogP contribution is 2.28. The smallest absolute Gasteiger partial charge is 0.328 e. The number of nitrogens with two attached hydrogens (primary N) is 1. The molecule has 17 heavy (non-hydrogen) atoms. The van der Waals surface area contributed by atoms with Crippen LogP contribution in [-0.2, 0) is 9.59 Å². The highest BCUT2D eigenvalue weighted by atomic mass is 16.4. The second kappa shape index (κ2) is 5.01. The van der Waals surface area contributed by atoms with Crippen LogP contribution in [0.5, 0.6) is 0 Å². The van der Waals surface area contributed by atoms with E-state index < -0.39 is 35.0 Å². The van der Waals surface area contributed by atoms with Crippen molar-refractivity contribution in [2.75, 3.05) is 0 Å². The van der Waals surface area contributed by atoms with E-state index in [1.165, 1.54) is 6.92 Å². The standard InChI is InChI=1S/C11H22N2O4/c1-6(14)7(8(15)16)13-9(17)10(2,3)11(4,5)12/h6-7,14H,12H2,1-5H3,(H,13,17)(H,15,16). The van der Waals surface area contributed by atoms with Crippen molar-refractivity contribution in [2.24, 2.45) is 11.1 Å². The second-order valence-electron chi connectivity index (χ2n) is 5.38. The first-order chi connectivity index (χ1) is 7.41. The first-order valence-electron chi connectivity index (χ1n) is 5.42. The summed E-state index contributed by atoms with van der Waals surface area (Å²) >= 11 is 0. The van der Waals surface area contributed by atoms with Crippen LogP contribution in [0.4, 0.5) is 0 Å². The predicted molar refractivity (Wildman–Crippen MR) is 63.3 cm³/mol. The predicted octanol–water partition coefficient (Wildman–Crippen LogP) is -0.300. The van der Waals surface area contributed by atoms with E-state index in [4.69, 9.17) is 10.8 Å². The van der Waals surface area contributed by atoms with Crippen LogP contribution in [0.1, 0.15) is 34.6 Å². The summed E-state index contributed by atoms with van der Waals surface area (Å²) in [6.45, 7) is 7.93. The zero-order chi connectivity index (χ0) is 14.0. The molecule has 5 N–H and O–H groups in total. The Kier molecular flexibility index (Phi) is 4.68. The normalized spacial score (nSPS) is 16.2. The van der Waals surface area contributed by atoms with E-state index in [-0.39, 0.29) is 0 Å². The van der Waals surface area contributed by atoms with Crippen molar-refractivity contribution in [3.63, 3.8) is 0 Å². The van der Waals surface area contributed by atoms with Crippen molar-refractivity contribution >= 4 is 11.9 Å². The number of carbonyl (C=O) groups is 2. The summed E-state index contributed by atoms with van der Waals surface area (Å²) in [5.74, 6) is -1.78. The fourth-order valence-electron chi connectivity index (χ4n) is 1.00. The van der Waals surface area contributed by atoms with Gasteiger partial charge < -0.3 is 21.3 Å². The van der Waals surface area contributed by atoms with Gasteiger partial charge in [0.2, 0.25) is 5.91 Å². The Hall–Kier alpha value is -1.14. The summed E-state index contributed by atoms with van der Waals surface area (Å²) in [7, 11) is 0. The molecule has 0 aromatic carbocycles. The first-order valence-corrected chi connectivity index (χ1v) is 5.42. The van der Waals surface area contributed by atoms with Gasteiger partial charge in [0, 0.05) is 5.54 Å². The maximum absolute atomic E-state index is 12.0. The fourth-order valence-corrected chi connectivity index (χ4v) is 1.00. The molecule has 0 saturated carbocycles. The first kappa shape index (κ1) is 15.9. The molecule has 0 rings (SSSR count). The molecule has 6 heteroatoms. The number of amides is 1. The topological polar surface area (TPSA) is 113 Å². The summed E-state index contributed by atoms with van der Waals surface area (Å²) in [6.07, 6.45) is -1.17. The van der Waals surface area contributed by atoms with E-state index in [1.807, 2.05) is 0 Å². The molecule has 6 nitrogen and oxygen atoms in total. The highest BCUT2D eigenvalue weighted by Gasteiger charge is 2.42. The summed E-state index contributed by atoms with van der Waals surface area (Å²) in [4.78, 5) is 22.8. The van der Waals surface area contributed by atoms with Gasteiger partial charge in [-0.05, 0) is 34.6 Å². The van der Waals surface area contributed by atoms with E-state index in [9.17, 15) is 14.7 Å². The molecular weight excluding hydrogens is 224 g/mol. The minimum atomic E-state index is -1.33. The number of aliphatic hydroxyl groups excluding tert-OH is 1. The van der Waals surface area contributed by atoms with Crippen LogP contribution in [-0.4, -0.2) is 39.8 Å². The number of nitrogens with one attached hydrogen (secondary N) is 1. The third-order valence-electron chi connectivity index (χ3n) is 3.21. The van der Waals surface area contributed by atoms with Crippen molar-refractivity contribution in [3.8, 4) is 0 Å². The van der Waals surface area contributed by atoms with Gasteiger partial charge in [-0.2, -0.15) is 0 Å². The average Bonchev–Trinajstić information content (AvgIpc) is 2.10. The Bertz CT molecular complexity index is 305. The van der Waals surface area contributed by atoms with Crippen LogP contribution in [0.2, 0.25) is 0 Å². The zero-order valence-corrected chi connectivity index (χ0v) is 10.9. The molecule has 100 valence electrons. The quantitative estimate of drug-likeness (QED) is 0.532. The van der Waals surface area contributed by atoms with Crippen molar-refractivity contribution in [1.29, 1.82) is 0 Å². The Labute approximate surface area is 101 Å². The zero-order valence-electron chi connectivity index (χ0n) is 10.9. The van der Waals surface area contributed by atoms with E-state index in [2.05, 4.69) is 5.32 Å². The molecule has 0 radical (unpaired) electrons. The van der Waals surface area contributed by atoms with Crippen molar-refractivity contribution in [1.82, 2.24) is 5.32 Å². The molecule has 0 aromatic heterocycles. The third kappa shape index (κ3) is 3.67. The molecule has 0 fully saturated rings. The molecule has 0 aromatic rings. The average molecular weight is 246 g/mol. The number of aliphatic hydroxyl groups is 1. The van der Waals surface area contributed by atoms with Crippen LogP contribution in [0, 0.1) is 5.41 Å². The molecule has 1 amide bonds. The lowest BCUT2D eigenvalue weighted by molar-refractivity contribution is -0.147. The van der Waals surface area contributed by atoms with Gasteiger partial charge in [0.15, 0.2) is 6.04 Å². The van der Waals surface area contributed by atoms with Crippen molar-refractivity contribution in [3.05, 3.63) is 0 Å². The molecule has 0 spiro atoms. The van der Waals surface area contributed by atoms with Gasteiger partial charge in [0.05, 0.1) is 11.5 Å². The van der Waals surface area contributed by atoms with E-state index in [0.717, 1.165) is 0 Å². The van der Waals surface area contributed by atoms with Gasteiger partial charge in [-0.3, -0.25) is 4.79 Å². The lowest BCUT2D eigenvalue weighted by Crippen LogP contribution is -2.59. The Morgan fingerprint density at radius 1 is 1.24 bits per heavy atom. The molecule has 0 bridgehead atoms. The monoisotopic (exact) mass is 246 g/mol. The number of hydrogen-bond acceptors (Lipinski definition) is 4. The van der Waals surface area contributed by atoms with Gasteiger partial charge in [0.1, 0.15) is 0 Å². The molecule has 2 atom stereocenters. The van der Waals surface area contributed by atoms with Crippen molar-refractivity contribution in [2.45, 2.75) is 52.3 Å². The fraction of sp³-hybridized carbons (Fsp3) is 0.818. The maximum Gasteiger partial charge on any atom is 0.328 e. The number of carboxylic acid groups (broad SMARTS) is 1. The van der Waals surface area contributed by atoms with E-state index in [1.54, 1.807) is 27.7 Å². The number of carbonyl (C=O) groups excluding carboxylic acids is 1. The van der Waals surface area contributed by atoms with Crippen LogP contribution >= 0.6 is 0 Å². The van der Waals surface area contributed by atoms with E-state index in [0.29, 0.717) is 0 Å². The molecule has 0 heterocycles. The molecule has 0 saturated heterocycles. The van der Waals surface area contributed by atoms with Gasteiger partial charge in [-0.25, -0.2) is 4.79 Å². The Morgan fingerprint density at radius 3 is 1.88 bits per heavy atom. The van der Waals surface area contributed by atoms with Gasteiger partial charge in [0.25, 0.3) is 0 Å². The number of aliphatic carboxylic acids is 1. The molecule has 0 aliphatic carbocycles. The van der Waals surface area contributed by atoms with E-state index >= 15 is 0 Å². The number of rotatable bonds is 5. The summed E-state index contributed by atoms with van der Waals surface area (Å²) in [5, 5.41) is 20.4. The summed E-state index contributed by atoms with van der Waals surface area (Å²) < 4.78 is 0. The highest BCUT2D eigenvalue weighted by molar-refractivity contribution is 5.88. The van der Waals surface area contributed by atoms with Gasteiger partial charge >= 0.3 is 5.97 Å². The van der Waals surface area contributed by atoms with Gasteiger partial charge in [-0.1, -0.05) is 0 Å². The van der Waals surface area contributed by atoms with Crippen LogP contribution in [0.25, 0.3) is 0 Å². The summed E-state index contributed by atoms with van der Waals surface area (Å²) in [6, 6.07) is -1.33. The Balaban J connectivity index is 4.92. The maximum atomic E-state index is 12.0. The minimum absolute atomic E-state index is 0.502. The Morgan fingerprint density at radius 2 is 1.65 bits per heavy atom. The third-order valence-corrected chi connectivity index (χ3v) is 3.21. The van der Waals surface area contributed by atoms with Gasteiger partial charge in [-0.15, -0.1) is 0 Å². The number of hydrogen-bond donors (Lipinski definition) is 4. The molecule has 0 aliphatic heterocycles. The molecular formula is C11H22N2O4. The van der Waals surface area contributed by atoms with Crippen LogP contribution in [0.3, 0.4) is 0 Å². The second-order valence-corrected chi connectivity index (χ2v) is 5.38. The molecule has 2 unspecified atom stereocenters. The minimum Gasteiger partial charge on any atom is -0.480 e. The number of carboxylic acids is 1. The van der Waals surface area contributed by atoms with Crippen molar-refractivity contribution < 1.29 is 19.8 Å².